The summed E-state index contributed by atoms with van der Waals surface area (Å²) in [6, 6.07) is 24.7. The molecule has 0 aliphatic carbocycles. The zero-order valence-corrected chi connectivity index (χ0v) is 15.5. The van der Waals surface area contributed by atoms with Crippen molar-refractivity contribution in [2.75, 3.05) is 5.32 Å². The molecule has 4 heteroatoms. The molecule has 1 amide bonds. The number of aryl methyl sites for hydroxylation is 1. The molecule has 0 unspecified atom stereocenters. The Kier molecular flexibility index (Phi) is 4.61. The molecule has 4 aromatic rings. The maximum atomic E-state index is 13.0. The first-order valence-electron chi connectivity index (χ1n) is 8.64. The highest BCUT2D eigenvalue weighted by molar-refractivity contribution is 6.30. The van der Waals surface area contributed by atoms with Crippen LogP contribution in [0.3, 0.4) is 0 Å². The fourth-order valence-electron chi connectivity index (χ4n) is 2.97. The number of carbonyl (C=O) groups excluding carboxylic acids is 1. The molecule has 4 rings (SSSR count). The molecule has 0 fully saturated rings. The Hall–Kier alpha value is -3.17. The highest BCUT2D eigenvalue weighted by atomic mass is 35.5. The second kappa shape index (κ2) is 7.22. The number of nitrogens with one attached hydrogen (secondary N) is 1. The number of amides is 1. The van der Waals surface area contributed by atoms with Crippen molar-refractivity contribution in [1.29, 1.82) is 0 Å². The third-order valence-electron chi connectivity index (χ3n) is 4.41. The van der Waals surface area contributed by atoms with Crippen LogP contribution in [0.15, 0.2) is 78.9 Å². The molecule has 0 spiro atoms. The molecule has 1 N–H and O–H groups in total. The Labute approximate surface area is 162 Å². The van der Waals surface area contributed by atoms with Crippen LogP contribution in [0.4, 0.5) is 5.69 Å². The fourth-order valence-corrected chi connectivity index (χ4v) is 3.09. The van der Waals surface area contributed by atoms with Gasteiger partial charge in [-0.3, -0.25) is 4.79 Å². The lowest BCUT2D eigenvalue weighted by Gasteiger charge is -2.11. The molecule has 0 aliphatic heterocycles. The highest BCUT2D eigenvalue weighted by Crippen LogP contribution is 2.26. The molecule has 3 nitrogen and oxygen atoms in total. The van der Waals surface area contributed by atoms with Crippen molar-refractivity contribution in [3.05, 3.63) is 95.0 Å². The molecule has 27 heavy (non-hydrogen) atoms. The minimum Gasteiger partial charge on any atom is -0.322 e. The zero-order valence-electron chi connectivity index (χ0n) is 14.7. The molecule has 1 heterocycles. The molecule has 1 aromatic heterocycles. The molecule has 0 atom stereocenters. The molecular weight excluding hydrogens is 356 g/mol. The van der Waals surface area contributed by atoms with Gasteiger partial charge in [0, 0.05) is 21.7 Å². The average molecular weight is 373 g/mol. The van der Waals surface area contributed by atoms with Crippen molar-refractivity contribution in [2.24, 2.45) is 0 Å². The van der Waals surface area contributed by atoms with E-state index >= 15 is 0 Å². The van der Waals surface area contributed by atoms with Gasteiger partial charge in [-0.15, -0.1) is 0 Å². The van der Waals surface area contributed by atoms with Crippen LogP contribution in [0.2, 0.25) is 5.02 Å². The van der Waals surface area contributed by atoms with E-state index in [0.717, 1.165) is 22.2 Å². The van der Waals surface area contributed by atoms with Crippen molar-refractivity contribution in [1.82, 2.24) is 4.98 Å². The van der Waals surface area contributed by atoms with Gasteiger partial charge in [-0.2, -0.15) is 0 Å². The summed E-state index contributed by atoms with van der Waals surface area (Å²) in [6.45, 7) is 2.04. The number of hydrogen-bond acceptors (Lipinski definition) is 2. The molecular formula is C23H17ClN2O. The first-order valence-corrected chi connectivity index (χ1v) is 9.02. The Morgan fingerprint density at radius 1 is 0.926 bits per heavy atom. The Morgan fingerprint density at radius 3 is 2.37 bits per heavy atom. The predicted molar refractivity (Wildman–Crippen MR) is 111 cm³/mol. The minimum atomic E-state index is -0.177. The van der Waals surface area contributed by atoms with E-state index in [0.29, 0.717) is 16.3 Å². The molecule has 132 valence electrons. The number of aromatic nitrogens is 1. The lowest BCUT2D eigenvalue weighted by molar-refractivity contribution is 0.102. The monoisotopic (exact) mass is 372 g/mol. The van der Waals surface area contributed by atoms with Crippen LogP contribution in [0, 0.1) is 6.92 Å². The van der Waals surface area contributed by atoms with Crippen molar-refractivity contribution < 1.29 is 4.79 Å². The summed E-state index contributed by atoms with van der Waals surface area (Å²) in [4.78, 5) is 17.7. The first kappa shape index (κ1) is 17.3. The van der Waals surface area contributed by atoms with E-state index in [9.17, 15) is 4.79 Å². The van der Waals surface area contributed by atoms with Gasteiger partial charge in [0.05, 0.1) is 16.8 Å². The summed E-state index contributed by atoms with van der Waals surface area (Å²) in [5, 5.41) is 4.39. The lowest BCUT2D eigenvalue weighted by atomic mass is 10.0. The normalized spacial score (nSPS) is 10.7. The van der Waals surface area contributed by atoms with Crippen LogP contribution in [0.1, 0.15) is 15.9 Å². The van der Waals surface area contributed by atoms with Crippen LogP contribution in [-0.2, 0) is 0 Å². The number of anilines is 1. The number of nitrogens with zero attached hydrogens (tertiary/aromatic N) is 1. The quantitative estimate of drug-likeness (QED) is 0.471. The van der Waals surface area contributed by atoms with Crippen LogP contribution < -0.4 is 5.32 Å². The second-order valence-corrected chi connectivity index (χ2v) is 6.84. The van der Waals surface area contributed by atoms with Crippen LogP contribution in [-0.4, -0.2) is 10.9 Å². The van der Waals surface area contributed by atoms with Gasteiger partial charge in [-0.1, -0.05) is 59.6 Å². The van der Waals surface area contributed by atoms with Gasteiger partial charge in [0.2, 0.25) is 0 Å². The number of hydrogen-bond donors (Lipinski definition) is 1. The molecule has 0 saturated heterocycles. The first-order chi connectivity index (χ1) is 13.1. The number of fused-ring (bicyclic) bond motifs is 1. The molecule has 0 aliphatic rings. The summed E-state index contributed by atoms with van der Waals surface area (Å²) in [7, 11) is 0. The van der Waals surface area contributed by atoms with Crippen molar-refractivity contribution in [2.45, 2.75) is 6.92 Å². The van der Waals surface area contributed by atoms with Gasteiger partial charge in [0.25, 0.3) is 5.91 Å². The molecule has 0 radical (unpaired) electrons. The largest absolute Gasteiger partial charge is 0.322 e. The molecule has 0 bridgehead atoms. The van der Waals surface area contributed by atoms with E-state index in [-0.39, 0.29) is 5.91 Å². The second-order valence-electron chi connectivity index (χ2n) is 6.40. The zero-order chi connectivity index (χ0) is 18.8. The average Bonchev–Trinajstić information content (AvgIpc) is 2.69. The predicted octanol–water partition coefficient (Wildman–Crippen LogP) is 6.12. The van der Waals surface area contributed by atoms with Crippen LogP contribution in [0.25, 0.3) is 22.2 Å². The third kappa shape index (κ3) is 3.69. The molecule has 3 aromatic carbocycles. The van der Waals surface area contributed by atoms with Gasteiger partial charge in [-0.05, 0) is 43.3 Å². The van der Waals surface area contributed by atoms with E-state index in [1.165, 1.54) is 5.56 Å². The summed E-state index contributed by atoms with van der Waals surface area (Å²) in [6.07, 6.45) is 0. The number of rotatable bonds is 3. The van der Waals surface area contributed by atoms with Crippen LogP contribution >= 0.6 is 11.6 Å². The number of pyridine rings is 1. The van der Waals surface area contributed by atoms with E-state index in [1.54, 1.807) is 24.3 Å². The number of halogens is 1. The third-order valence-corrected chi connectivity index (χ3v) is 4.66. The number of carbonyl (C=O) groups is 1. The standard InChI is InChI=1S/C23H17ClN2O/c1-15-6-8-16(9-7-15)22-14-20(19-4-2-3-5-21(19)26-22)23(27)25-18-12-10-17(24)11-13-18/h2-14H,1H3,(H,25,27). The van der Waals surface area contributed by atoms with E-state index < -0.39 is 0 Å². The topological polar surface area (TPSA) is 42.0 Å². The Morgan fingerprint density at radius 2 is 1.63 bits per heavy atom. The Balaban J connectivity index is 1.79. The van der Waals surface area contributed by atoms with Gasteiger partial charge in [0.1, 0.15) is 0 Å². The minimum absolute atomic E-state index is 0.177. The van der Waals surface area contributed by atoms with Crippen molar-refractivity contribution in [3.8, 4) is 11.3 Å². The van der Waals surface area contributed by atoms with Gasteiger partial charge < -0.3 is 5.32 Å². The van der Waals surface area contributed by atoms with E-state index in [2.05, 4.69) is 5.32 Å². The van der Waals surface area contributed by atoms with Crippen LogP contribution in [0.5, 0.6) is 0 Å². The van der Waals surface area contributed by atoms with Crippen molar-refractivity contribution in [3.63, 3.8) is 0 Å². The SMILES string of the molecule is Cc1ccc(-c2cc(C(=O)Nc3ccc(Cl)cc3)c3ccccc3n2)cc1. The highest BCUT2D eigenvalue weighted by Gasteiger charge is 2.14. The summed E-state index contributed by atoms with van der Waals surface area (Å²) in [5.41, 5.74) is 5.01. The number of benzene rings is 3. The Bertz CT molecular complexity index is 1120. The van der Waals surface area contributed by atoms with Gasteiger partial charge in [0.15, 0.2) is 0 Å². The summed E-state index contributed by atoms with van der Waals surface area (Å²) < 4.78 is 0. The fraction of sp³-hybridized carbons (Fsp3) is 0.0435. The maximum absolute atomic E-state index is 13.0. The lowest BCUT2D eigenvalue weighted by Crippen LogP contribution is -2.13. The van der Waals surface area contributed by atoms with E-state index in [4.69, 9.17) is 16.6 Å². The molecule has 0 saturated carbocycles. The van der Waals surface area contributed by atoms with E-state index in [1.807, 2.05) is 61.5 Å². The summed E-state index contributed by atoms with van der Waals surface area (Å²) in [5.74, 6) is -0.177. The maximum Gasteiger partial charge on any atom is 0.256 e. The van der Waals surface area contributed by atoms with Gasteiger partial charge in [-0.25, -0.2) is 4.98 Å². The van der Waals surface area contributed by atoms with Crippen molar-refractivity contribution >= 4 is 34.1 Å². The smallest absolute Gasteiger partial charge is 0.256 e. The summed E-state index contributed by atoms with van der Waals surface area (Å²) >= 11 is 5.92. The number of para-hydroxylation sites is 1. The van der Waals surface area contributed by atoms with Gasteiger partial charge >= 0.3 is 0 Å².